The highest BCUT2D eigenvalue weighted by molar-refractivity contribution is 5.96. The molecule has 2 aromatic rings. The molecule has 0 aliphatic rings. The summed E-state index contributed by atoms with van der Waals surface area (Å²) in [7, 11) is 0. The third-order valence-electron chi connectivity index (χ3n) is 2.86. The van der Waals surface area contributed by atoms with Crippen LogP contribution >= 0.6 is 0 Å². The Hall–Kier alpha value is -2.33. The van der Waals surface area contributed by atoms with E-state index in [9.17, 15) is 4.79 Å². The van der Waals surface area contributed by atoms with E-state index in [1.54, 1.807) is 0 Å². The molecule has 0 atom stereocenters. The molecule has 2 rings (SSSR count). The van der Waals surface area contributed by atoms with E-state index >= 15 is 0 Å². The summed E-state index contributed by atoms with van der Waals surface area (Å²) >= 11 is 0. The lowest BCUT2D eigenvalue weighted by Crippen LogP contribution is -1.97. The third-order valence-corrected chi connectivity index (χ3v) is 2.86. The molecule has 19 heavy (non-hydrogen) atoms. The molecule has 0 spiro atoms. The van der Waals surface area contributed by atoms with Crippen molar-refractivity contribution in [2.75, 3.05) is 0 Å². The van der Waals surface area contributed by atoms with Gasteiger partial charge in [0, 0.05) is 24.0 Å². The van der Waals surface area contributed by atoms with Crippen molar-refractivity contribution in [1.29, 1.82) is 0 Å². The van der Waals surface area contributed by atoms with Crippen molar-refractivity contribution in [2.45, 2.75) is 19.8 Å². The molecule has 0 aromatic heterocycles. The average Bonchev–Trinajstić information content (AvgIpc) is 2.46. The van der Waals surface area contributed by atoms with Crippen LogP contribution in [0.5, 0.6) is 0 Å². The Morgan fingerprint density at radius 1 is 1.00 bits per heavy atom. The van der Waals surface area contributed by atoms with Gasteiger partial charge in [0.1, 0.15) is 0 Å². The summed E-state index contributed by atoms with van der Waals surface area (Å²) in [6.07, 6.45) is 1.07. The van der Waals surface area contributed by atoms with Crippen molar-refractivity contribution in [2.24, 2.45) is 0 Å². The molecule has 0 saturated carbocycles. The van der Waals surface area contributed by atoms with Crippen LogP contribution in [-0.2, 0) is 0 Å². The van der Waals surface area contributed by atoms with Crippen LogP contribution in [0.3, 0.4) is 0 Å². The molecule has 0 fully saturated rings. The first-order valence-corrected chi connectivity index (χ1v) is 6.39. The summed E-state index contributed by atoms with van der Waals surface area (Å²) in [5, 5.41) is 0. The first-order chi connectivity index (χ1) is 9.25. The van der Waals surface area contributed by atoms with Crippen molar-refractivity contribution in [3.05, 3.63) is 71.3 Å². The van der Waals surface area contributed by atoms with Crippen molar-refractivity contribution in [3.63, 3.8) is 0 Å². The topological polar surface area (TPSA) is 17.1 Å². The summed E-state index contributed by atoms with van der Waals surface area (Å²) in [5.41, 5.74) is 2.99. The Morgan fingerprint density at radius 2 is 1.68 bits per heavy atom. The summed E-state index contributed by atoms with van der Waals surface area (Å²) in [6.45, 7) is 2.05. The first-order valence-electron chi connectivity index (χ1n) is 6.39. The van der Waals surface area contributed by atoms with Crippen LogP contribution in [-0.4, -0.2) is 5.78 Å². The van der Waals surface area contributed by atoms with E-state index in [2.05, 4.69) is 18.8 Å². The van der Waals surface area contributed by atoms with Gasteiger partial charge in [0.05, 0.1) is 0 Å². The number of ketones is 1. The molecule has 1 heteroatoms. The van der Waals surface area contributed by atoms with Crippen LogP contribution in [0.25, 0.3) is 0 Å². The number of carbonyl (C=O) groups excluding carboxylic acids is 1. The second-order valence-electron chi connectivity index (χ2n) is 4.46. The second kappa shape index (κ2) is 6.56. The lowest BCUT2D eigenvalue weighted by molar-refractivity contribution is 0.0984. The van der Waals surface area contributed by atoms with Crippen molar-refractivity contribution < 1.29 is 4.79 Å². The highest BCUT2D eigenvalue weighted by atomic mass is 16.1. The quantitative estimate of drug-likeness (QED) is 0.592. The van der Waals surface area contributed by atoms with Crippen molar-refractivity contribution in [3.8, 4) is 11.8 Å². The van der Waals surface area contributed by atoms with Gasteiger partial charge in [-0.05, 0) is 19.1 Å². The third kappa shape index (κ3) is 4.12. The van der Waals surface area contributed by atoms with E-state index in [1.807, 2.05) is 54.6 Å². The van der Waals surface area contributed by atoms with Gasteiger partial charge >= 0.3 is 0 Å². The number of rotatable bonds is 3. The number of aryl methyl sites for hydroxylation is 1. The highest BCUT2D eigenvalue weighted by Crippen LogP contribution is 2.05. The molecule has 0 aliphatic heterocycles. The lowest BCUT2D eigenvalue weighted by Gasteiger charge is -1.96. The molecule has 0 saturated heterocycles. The van der Waals surface area contributed by atoms with Crippen LogP contribution in [0, 0.1) is 18.8 Å². The van der Waals surface area contributed by atoms with Crippen molar-refractivity contribution in [1.82, 2.24) is 0 Å². The fourth-order valence-corrected chi connectivity index (χ4v) is 1.75. The van der Waals surface area contributed by atoms with E-state index < -0.39 is 0 Å². The summed E-state index contributed by atoms with van der Waals surface area (Å²) in [6, 6.07) is 17.4. The van der Waals surface area contributed by atoms with Gasteiger partial charge in [-0.15, -0.1) is 0 Å². The minimum absolute atomic E-state index is 0.152. The molecule has 0 unspecified atom stereocenters. The number of benzene rings is 2. The first kappa shape index (κ1) is 13.1. The minimum Gasteiger partial charge on any atom is -0.294 e. The Kier molecular flexibility index (Phi) is 4.53. The normalized spacial score (nSPS) is 9.53. The molecule has 0 heterocycles. The maximum absolute atomic E-state index is 11.8. The maximum atomic E-state index is 11.8. The SMILES string of the molecule is Cc1ccc(C#CCCC(=O)c2ccccc2)cc1. The smallest absolute Gasteiger partial charge is 0.163 e. The monoisotopic (exact) mass is 248 g/mol. The number of hydrogen-bond acceptors (Lipinski definition) is 1. The number of hydrogen-bond donors (Lipinski definition) is 0. The molecule has 2 aromatic carbocycles. The summed E-state index contributed by atoms with van der Waals surface area (Å²) < 4.78 is 0. The lowest BCUT2D eigenvalue weighted by atomic mass is 10.1. The predicted molar refractivity (Wildman–Crippen MR) is 78.1 cm³/mol. The Labute approximate surface area is 114 Å². The molecule has 0 N–H and O–H groups in total. The highest BCUT2D eigenvalue weighted by Gasteiger charge is 2.02. The molecule has 1 nitrogen and oxygen atoms in total. The van der Waals surface area contributed by atoms with Crippen LogP contribution in [0.4, 0.5) is 0 Å². The van der Waals surface area contributed by atoms with Crippen LogP contribution in [0.1, 0.15) is 34.3 Å². The zero-order valence-corrected chi connectivity index (χ0v) is 11.0. The van der Waals surface area contributed by atoms with Crippen LogP contribution in [0.15, 0.2) is 54.6 Å². The molecule has 0 bridgehead atoms. The van der Waals surface area contributed by atoms with Crippen LogP contribution in [0.2, 0.25) is 0 Å². The van der Waals surface area contributed by atoms with Crippen LogP contribution < -0.4 is 0 Å². The zero-order chi connectivity index (χ0) is 13.5. The Morgan fingerprint density at radius 3 is 2.37 bits per heavy atom. The Balaban J connectivity index is 1.87. The molecule has 0 aliphatic carbocycles. The molecule has 94 valence electrons. The molecule has 0 amide bonds. The van der Waals surface area contributed by atoms with Gasteiger partial charge in [-0.1, -0.05) is 59.9 Å². The van der Waals surface area contributed by atoms with Gasteiger partial charge in [-0.2, -0.15) is 0 Å². The largest absolute Gasteiger partial charge is 0.294 e. The number of carbonyl (C=O) groups is 1. The fourth-order valence-electron chi connectivity index (χ4n) is 1.75. The van der Waals surface area contributed by atoms with E-state index in [-0.39, 0.29) is 5.78 Å². The average molecular weight is 248 g/mol. The van der Waals surface area contributed by atoms with Gasteiger partial charge in [-0.25, -0.2) is 0 Å². The molecule has 0 radical (unpaired) electrons. The van der Waals surface area contributed by atoms with E-state index in [1.165, 1.54) is 5.56 Å². The van der Waals surface area contributed by atoms with Gasteiger partial charge in [0.25, 0.3) is 0 Å². The Bertz CT molecular complexity index is 598. The van der Waals surface area contributed by atoms with E-state index in [0.717, 1.165) is 11.1 Å². The maximum Gasteiger partial charge on any atom is 0.163 e. The molecular weight excluding hydrogens is 232 g/mol. The van der Waals surface area contributed by atoms with Gasteiger partial charge < -0.3 is 0 Å². The zero-order valence-electron chi connectivity index (χ0n) is 11.0. The van der Waals surface area contributed by atoms with Gasteiger partial charge in [0.2, 0.25) is 0 Å². The second-order valence-corrected chi connectivity index (χ2v) is 4.46. The van der Waals surface area contributed by atoms with E-state index in [4.69, 9.17) is 0 Å². The fraction of sp³-hybridized carbons (Fsp3) is 0.167. The summed E-state index contributed by atoms with van der Waals surface area (Å²) in [5.74, 6) is 6.28. The summed E-state index contributed by atoms with van der Waals surface area (Å²) in [4.78, 5) is 11.8. The minimum atomic E-state index is 0.152. The standard InChI is InChI=1S/C18H16O/c1-15-11-13-16(14-12-15)7-5-6-10-18(19)17-8-3-2-4-9-17/h2-4,8-9,11-14H,6,10H2,1H3. The predicted octanol–water partition coefficient (Wildman–Crippen LogP) is 4.01. The van der Waals surface area contributed by atoms with Gasteiger partial charge in [0.15, 0.2) is 5.78 Å². The van der Waals surface area contributed by atoms with E-state index in [0.29, 0.717) is 12.8 Å². The van der Waals surface area contributed by atoms with Crippen molar-refractivity contribution >= 4 is 5.78 Å². The van der Waals surface area contributed by atoms with Gasteiger partial charge in [-0.3, -0.25) is 4.79 Å². The molecular formula is C18H16O. The number of Topliss-reactive ketones (excluding diaryl/α,β-unsaturated/α-hetero) is 1.